The van der Waals surface area contributed by atoms with Gasteiger partial charge in [-0.25, -0.2) is 18.5 Å². The molecule has 1 aromatic heterocycles. The molecular formula is C27H21F2N5O4. The van der Waals surface area contributed by atoms with Gasteiger partial charge < -0.3 is 0 Å². The molecule has 1 aliphatic rings. The molecule has 9 nitrogen and oxygen atoms in total. The van der Waals surface area contributed by atoms with Gasteiger partial charge in [0.25, 0.3) is 17.2 Å². The van der Waals surface area contributed by atoms with Crippen LogP contribution in [0.5, 0.6) is 0 Å². The molecule has 1 amide bonds. The molecule has 0 bridgehead atoms. The van der Waals surface area contributed by atoms with Crippen molar-refractivity contribution in [1.82, 2.24) is 9.78 Å². The molecule has 38 heavy (non-hydrogen) atoms. The van der Waals surface area contributed by atoms with E-state index in [4.69, 9.17) is 0 Å². The normalized spacial score (nSPS) is 16.0. The number of non-ortho nitro benzene ring substituents is 1. The van der Waals surface area contributed by atoms with Gasteiger partial charge in [-0.05, 0) is 67.9 Å². The zero-order chi connectivity index (χ0) is 27.1. The van der Waals surface area contributed by atoms with Crippen LogP contribution >= 0.6 is 0 Å². The van der Waals surface area contributed by atoms with Gasteiger partial charge in [0.2, 0.25) is 0 Å². The largest absolute Gasteiger partial charge is 0.295 e. The van der Waals surface area contributed by atoms with Gasteiger partial charge in [-0.2, -0.15) is 5.10 Å². The first-order valence-corrected chi connectivity index (χ1v) is 11.6. The molecule has 2 atom stereocenters. The molecule has 4 aromatic rings. The summed E-state index contributed by atoms with van der Waals surface area (Å²) >= 11 is 0. The average molecular weight is 517 g/mol. The van der Waals surface area contributed by atoms with Gasteiger partial charge in [0, 0.05) is 35.0 Å². The van der Waals surface area contributed by atoms with E-state index in [1.54, 1.807) is 13.8 Å². The third-order valence-electron chi connectivity index (χ3n) is 6.56. The third-order valence-corrected chi connectivity index (χ3v) is 6.56. The molecule has 1 N–H and O–H groups in total. The van der Waals surface area contributed by atoms with E-state index < -0.39 is 39.9 Å². The van der Waals surface area contributed by atoms with E-state index >= 15 is 0 Å². The Morgan fingerprint density at radius 3 is 2.00 bits per heavy atom. The van der Waals surface area contributed by atoms with E-state index in [9.17, 15) is 28.5 Å². The molecule has 11 heteroatoms. The summed E-state index contributed by atoms with van der Waals surface area (Å²) in [7, 11) is 0. The van der Waals surface area contributed by atoms with E-state index in [-0.39, 0.29) is 11.3 Å². The minimum atomic E-state index is -0.926. The van der Waals surface area contributed by atoms with E-state index in [1.807, 2.05) is 0 Å². The molecule has 0 unspecified atom stereocenters. The maximum absolute atomic E-state index is 13.8. The molecule has 0 fully saturated rings. The van der Waals surface area contributed by atoms with Gasteiger partial charge in [-0.1, -0.05) is 12.1 Å². The summed E-state index contributed by atoms with van der Waals surface area (Å²) in [5.41, 5.74) is 1.78. The molecule has 0 saturated carbocycles. The fourth-order valence-corrected chi connectivity index (χ4v) is 4.76. The number of aryl methyl sites for hydroxylation is 1. The number of nitro benzene ring substituents is 1. The molecule has 0 aliphatic carbocycles. The number of hydrogen-bond acceptors (Lipinski definition) is 5. The van der Waals surface area contributed by atoms with Crippen LogP contribution in [0.2, 0.25) is 0 Å². The van der Waals surface area contributed by atoms with Gasteiger partial charge >= 0.3 is 0 Å². The number of hydrogen-bond donors (Lipinski definition) is 1. The van der Waals surface area contributed by atoms with E-state index in [2.05, 4.69) is 10.2 Å². The Kier molecular flexibility index (Phi) is 6.19. The zero-order valence-corrected chi connectivity index (χ0v) is 20.3. The van der Waals surface area contributed by atoms with Crippen molar-refractivity contribution >= 4 is 23.0 Å². The van der Waals surface area contributed by atoms with Gasteiger partial charge in [-0.15, -0.1) is 0 Å². The van der Waals surface area contributed by atoms with Crippen LogP contribution in [0.25, 0.3) is 5.69 Å². The maximum atomic E-state index is 13.8. The Morgan fingerprint density at radius 1 is 0.895 bits per heavy atom. The lowest BCUT2D eigenvalue weighted by Crippen LogP contribution is -2.34. The van der Waals surface area contributed by atoms with Crippen LogP contribution in [0, 0.1) is 34.6 Å². The third kappa shape index (κ3) is 4.27. The molecule has 0 spiro atoms. The molecular weight excluding hydrogens is 496 g/mol. The second kappa shape index (κ2) is 9.51. The summed E-state index contributed by atoms with van der Waals surface area (Å²) in [6, 6.07) is 16.3. The highest BCUT2D eigenvalue weighted by Crippen LogP contribution is 2.39. The van der Waals surface area contributed by atoms with Crippen molar-refractivity contribution in [3.05, 3.63) is 122 Å². The molecule has 1 aliphatic heterocycles. The number of aromatic nitrogens is 2. The maximum Gasteiger partial charge on any atom is 0.275 e. The summed E-state index contributed by atoms with van der Waals surface area (Å²) < 4.78 is 28.2. The molecule has 5 rings (SSSR count). The Balaban J connectivity index is 1.65. The number of rotatable bonds is 6. The lowest BCUT2D eigenvalue weighted by atomic mass is 9.78. The first-order chi connectivity index (χ1) is 18.2. The Labute approximate surface area is 214 Å². The van der Waals surface area contributed by atoms with Crippen molar-refractivity contribution in [3.8, 4) is 5.69 Å². The van der Waals surface area contributed by atoms with Crippen LogP contribution < -0.4 is 10.6 Å². The topological polar surface area (TPSA) is 114 Å². The minimum Gasteiger partial charge on any atom is -0.295 e. The number of nitrogens with one attached hydrogen (secondary N) is 1. The Hall–Kier alpha value is -4.93. The van der Waals surface area contributed by atoms with Crippen molar-refractivity contribution in [3.63, 3.8) is 0 Å². The zero-order valence-electron chi connectivity index (χ0n) is 20.3. The lowest BCUT2D eigenvalue weighted by Gasteiger charge is -2.23. The Bertz CT molecular complexity index is 1620. The summed E-state index contributed by atoms with van der Waals surface area (Å²) in [5, 5.41) is 19.8. The molecule has 192 valence electrons. The highest BCUT2D eigenvalue weighted by Gasteiger charge is 2.43. The predicted molar refractivity (Wildman–Crippen MR) is 137 cm³/mol. The average Bonchev–Trinajstić information content (AvgIpc) is 3.36. The van der Waals surface area contributed by atoms with Gasteiger partial charge in [0.05, 0.1) is 22.2 Å². The summed E-state index contributed by atoms with van der Waals surface area (Å²) in [5.74, 6) is -3.15. The predicted octanol–water partition coefficient (Wildman–Crippen LogP) is 4.83. The molecule has 0 saturated heterocycles. The van der Waals surface area contributed by atoms with Crippen LogP contribution in [0.4, 0.5) is 20.2 Å². The highest BCUT2D eigenvalue weighted by molar-refractivity contribution is 6.15. The quantitative estimate of drug-likeness (QED) is 0.291. The van der Waals surface area contributed by atoms with Crippen molar-refractivity contribution in [2.24, 2.45) is 11.0 Å². The van der Waals surface area contributed by atoms with Crippen LogP contribution in [0.3, 0.4) is 0 Å². The summed E-state index contributed by atoms with van der Waals surface area (Å²) in [6.07, 6.45) is 0. The van der Waals surface area contributed by atoms with Crippen molar-refractivity contribution in [2.75, 3.05) is 5.01 Å². The summed E-state index contributed by atoms with van der Waals surface area (Å²) in [6.45, 7) is 3.34. The number of anilines is 1. The number of amides is 1. The number of carbonyl (C=O) groups is 1. The number of nitro groups is 1. The van der Waals surface area contributed by atoms with Gasteiger partial charge in [0.1, 0.15) is 11.6 Å². The van der Waals surface area contributed by atoms with Crippen LogP contribution in [0.15, 0.2) is 82.7 Å². The van der Waals surface area contributed by atoms with E-state index in [1.165, 1.54) is 82.5 Å². The molecule has 2 heterocycles. The molecule has 0 radical (unpaired) electrons. The van der Waals surface area contributed by atoms with E-state index in [0.29, 0.717) is 28.3 Å². The first-order valence-electron chi connectivity index (χ1n) is 11.6. The summed E-state index contributed by atoms with van der Waals surface area (Å²) in [4.78, 5) is 38.2. The van der Waals surface area contributed by atoms with Crippen molar-refractivity contribution in [1.29, 1.82) is 0 Å². The number of aromatic amines is 1. The van der Waals surface area contributed by atoms with Crippen LogP contribution in [0.1, 0.15) is 29.7 Å². The highest BCUT2D eigenvalue weighted by atomic mass is 19.1. The smallest absolute Gasteiger partial charge is 0.275 e. The number of hydrazone groups is 1. The SMILES string of the molecule is CC1=NN(c2ccc(F)cc2)C(=O)[C@@H]1[C@@H](c1ccc([N+](=O)[O-])cc1)c1c(C)[nH]n(-c2ccc(F)cc2)c1=O. The molecule has 3 aromatic carbocycles. The van der Waals surface area contributed by atoms with Crippen LogP contribution in [-0.2, 0) is 4.79 Å². The number of nitrogens with zero attached hydrogens (tertiary/aromatic N) is 4. The lowest BCUT2D eigenvalue weighted by molar-refractivity contribution is -0.384. The van der Waals surface area contributed by atoms with E-state index in [0.717, 1.165) is 0 Å². The second-order valence-electron chi connectivity index (χ2n) is 8.94. The standard InChI is InChI=1S/C27H21F2N5O4/c1-15-23(26(35)32(30-15)20-11-5-18(28)6-12-20)25(17-3-9-22(10-4-17)34(37)38)24-16(2)31-33(27(24)36)21-13-7-19(29)8-14-21/h3-14,23,25,31H,1-2H3/t23-,25+/m0/s1. The van der Waals surface area contributed by atoms with Gasteiger partial charge in [0.15, 0.2) is 0 Å². The monoisotopic (exact) mass is 517 g/mol. The van der Waals surface area contributed by atoms with Crippen molar-refractivity contribution in [2.45, 2.75) is 19.8 Å². The second-order valence-corrected chi connectivity index (χ2v) is 8.94. The fourth-order valence-electron chi connectivity index (χ4n) is 4.76. The number of halogens is 2. The fraction of sp³-hybridized carbons (Fsp3) is 0.148. The number of H-pyrrole nitrogens is 1. The van der Waals surface area contributed by atoms with Gasteiger partial charge in [-0.3, -0.25) is 24.8 Å². The first kappa shape index (κ1) is 24.8. The van der Waals surface area contributed by atoms with Crippen LogP contribution in [-0.4, -0.2) is 26.3 Å². The Morgan fingerprint density at radius 2 is 1.45 bits per heavy atom. The number of benzene rings is 3. The number of carbonyl (C=O) groups excluding carboxylic acids is 1. The minimum absolute atomic E-state index is 0.141. The van der Waals surface area contributed by atoms with Crippen molar-refractivity contribution < 1.29 is 18.5 Å².